The van der Waals surface area contributed by atoms with E-state index in [0.717, 1.165) is 44.9 Å². The van der Waals surface area contributed by atoms with Crippen LogP contribution in [0.25, 0.3) is 0 Å². The summed E-state index contributed by atoms with van der Waals surface area (Å²) in [6.45, 7) is 4.22. The van der Waals surface area contributed by atoms with Crippen molar-refractivity contribution in [3.8, 4) is 0 Å². The fraction of sp³-hybridized carbons (Fsp3) is 0.868. The van der Waals surface area contributed by atoms with Gasteiger partial charge in [-0.2, -0.15) is 0 Å². The number of hydrogen-bond donors (Lipinski definition) is 4. The van der Waals surface area contributed by atoms with Crippen LogP contribution in [0.5, 0.6) is 0 Å². The Bertz CT molecular complexity index is 901. The van der Waals surface area contributed by atoms with E-state index in [1.807, 2.05) is 6.08 Å². The standard InChI is InChI=1S/C53H101NO4/c1-3-5-7-9-11-13-15-17-19-21-23-24-25-26-27-28-29-31-33-35-37-39-41-43-45-47-52(57)51(49-55)54-53(58)48-50(56)46-44-42-40-38-36-34-32-30-22-20-18-16-14-12-10-8-6-4-2/h30,32,37,39,45,47,50-52,55-57H,3-29,31,33-36,38,40-44,46,48-49H2,1-2H3,(H,54,58)/b32-30-,39-37+,47-45+. The second kappa shape index (κ2) is 48.2. The molecule has 0 aliphatic rings. The van der Waals surface area contributed by atoms with Crippen molar-refractivity contribution in [3.63, 3.8) is 0 Å². The molecule has 0 saturated heterocycles. The molecule has 0 aromatic heterocycles. The Labute approximate surface area is 362 Å². The number of aliphatic hydroxyl groups excluding tert-OH is 3. The zero-order chi connectivity index (χ0) is 42.3. The Morgan fingerprint density at radius 1 is 0.431 bits per heavy atom. The summed E-state index contributed by atoms with van der Waals surface area (Å²) in [7, 11) is 0. The molecule has 0 saturated carbocycles. The smallest absolute Gasteiger partial charge is 0.222 e. The molecule has 342 valence electrons. The molecule has 58 heavy (non-hydrogen) atoms. The van der Waals surface area contributed by atoms with Gasteiger partial charge in [-0.05, 0) is 57.8 Å². The predicted molar refractivity (Wildman–Crippen MR) is 254 cm³/mol. The van der Waals surface area contributed by atoms with Crippen LogP contribution in [0.4, 0.5) is 0 Å². The Balaban J connectivity index is 3.65. The molecule has 0 bridgehead atoms. The number of rotatable bonds is 47. The molecule has 0 rings (SSSR count). The third kappa shape index (κ3) is 44.1. The number of unbranched alkanes of at least 4 members (excludes halogenated alkanes) is 34. The molecule has 1 amide bonds. The van der Waals surface area contributed by atoms with Crippen molar-refractivity contribution in [3.05, 3.63) is 36.5 Å². The Kier molecular flexibility index (Phi) is 47.0. The van der Waals surface area contributed by atoms with Crippen LogP contribution < -0.4 is 5.32 Å². The monoisotopic (exact) mass is 816 g/mol. The van der Waals surface area contributed by atoms with Crippen molar-refractivity contribution in [1.29, 1.82) is 0 Å². The first kappa shape index (κ1) is 56.6. The molecule has 0 radical (unpaired) electrons. The quantitative estimate of drug-likeness (QED) is 0.0364. The van der Waals surface area contributed by atoms with E-state index in [1.165, 1.54) is 199 Å². The molecule has 5 nitrogen and oxygen atoms in total. The highest BCUT2D eigenvalue weighted by Gasteiger charge is 2.20. The van der Waals surface area contributed by atoms with E-state index in [-0.39, 0.29) is 18.9 Å². The summed E-state index contributed by atoms with van der Waals surface area (Å²) in [5.41, 5.74) is 0. The number of aliphatic hydroxyl groups is 3. The summed E-state index contributed by atoms with van der Waals surface area (Å²) in [5, 5.41) is 33.3. The second-order valence-corrected chi connectivity index (χ2v) is 17.8. The van der Waals surface area contributed by atoms with Crippen LogP contribution in [0.3, 0.4) is 0 Å². The minimum Gasteiger partial charge on any atom is -0.394 e. The molecular formula is C53H101NO4. The number of hydrogen-bond acceptors (Lipinski definition) is 4. The van der Waals surface area contributed by atoms with Gasteiger partial charge in [0.15, 0.2) is 0 Å². The topological polar surface area (TPSA) is 89.8 Å². The van der Waals surface area contributed by atoms with E-state index in [2.05, 4.69) is 43.5 Å². The minimum atomic E-state index is -0.954. The van der Waals surface area contributed by atoms with Crippen molar-refractivity contribution in [2.24, 2.45) is 0 Å². The van der Waals surface area contributed by atoms with Gasteiger partial charge in [0.2, 0.25) is 5.91 Å². The van der Waals surface area contributed by atoms with Gasteiger partial charge in [0.1, 0.15) is 0 Å². The van der Waals surface area contributed by atoms with Crippen LogP contribution in [0.1, 0.15) is 271 Å². The fourth-order valence-electron chi connectivity index (χ4n) is 7.94. The van der Waals surface area contributed by atoms with Crippen LogP contribution in [0, 0.1) is 0 Å². The minimum absolute atomic E-state index is 0.000982. The fourth-order valence-corrected chi connectivity index (χ4v) is 7.94. The molecule has 0 aliphatic carbocycles. The summed E-state index contributed by atoms with van der Waals surface area (Å²) < 4.78 is 0. The molecule has 0 fully saturated rings. The van der Waals surface area contributed by atoms with Crippen LogP contribution in [-0.2, 0) is 4.79 Å². The third-order valence-corrected chi connectivity index (χ3v) is 11.9. The lowest BCUT2D eigenvalue weighted by atomic mass is 10.0. The number of carbonyl (C=O) groups excluding carboxylic acids is 1. The summed E-state index contributed by atoms with van der Waals surface area (Å²) in [4.78, 5) is 12.5. The lowest BCUT2D eigenvalue weighted by Crippen LogP contribution is -2.45. The lowest BCUT2D eigenvalue weighted by Gasteiger charge is -2.20. The van der Waals surface area contributed by atoms with E-state index >= 15 is 0 Å². The van der Waals surface area contributed by atoms with Crippen LogP contribution in [0.2, 0.25) is 0 Å². The normalized spacial score (nSPS) is 13.7. The van der Waals surface area contributed by atoms with Gasteiger partial charge in [-0.1, -0.05) is 243 Å². The summed E-state index contributed by atoms with van der Waals surface area (Å²) >= 11 is 0. The summed E-state index contributed by atoms with van der Waals surface area (Å²) in [5.74, 6) is -0.328. The van der Waals surface area contributed by atoms with Gasteiger partial charge in [-0.25, -0.2) is 0 Å². The number of allylic oxidation sites excluding steroid dienone is 5. The number of amides is 1. The third-order valence-electron chi connectivity index (χ3n) is 11.9. The van der Waals surface area contributed by atoms with Crippen LogP contribution in [0.15, 0.2) is 36.5 Å². The lowest BCUT2D eigenvalue weighted by molar-refractivity contribution is -0.124. The largest absolute Gasteiger partial charge is 0.394 e. The predicted octanol–water partition coefficient (Wildman–Crippen LogP) is 15.5. The zero-order valence-electron chi connectivity index (χ0n) is 38.9. The van der Waals surface area contributed by atoms with Crippen molar-refractivity contribution in [2.75, 3.05) is 6.61 Å². The van der Waals surface area contributed by atoms with E-state index in [4.69, 9.17) is 0 Å². The van der Waals surface area contributed by atoms with Crippen LogP contribution in [-0.4, -0.2) is 46.1 Å². The number of nitrogens with one attached hydrogen (secondary N) is 1. The Hall–Kier alpha value is -1.43. The molecule has 0 heterocycles. The van der Waals surface area contributed by atoms with Crippen molar-refractivity contribution < 1.29 is 20.1 Å². The van der Waals surface area contributed by atoms with Gasteiger partial charge in [-0.3, -0.25) is 4.79 Å². The molecule has 0 aromatic carbocycles. The van der Waals surface area contributed by atoms with Gasteiger partial charge in [0, 0.05) is 0 Å². The maximum Gasteiger partial charge on any atom is 0.222 e. The maximum absolute atomic E-state index is 12.5. The Morgan fingerprint density at radius 2 is 0.741 bits per heavy atom. The first-order valence-electron chi connectivity index (χ1n) is 25.8. The van der Waals surface area contributed by atoms with Gasteiger partial charge < -0.3 is 20.6 Å². The molecule has 3 atom stereocenters. The second-order valence-electron chi connectivity index (χ2n) is 17.8. The first-order valence-corrected chi connectivity index (χ1v) is 25.8. The summed E-state index contributed by atoms with van der Waals surface area (Å²) in [6, 6.07) is -0.764. The molecule has 5 heteroatoms. The van der Waals surface area contributed by atoms with Crippen molar-refractivity contribution in [2.45, 2.75) is 289 Å². The summed E-state index contributed by atoms with van der Waals surface area (Å²) in [6.07, 6.45) is 61.7. The van der Waals surface area contributed by atoms with E-state index in [9.17, 15) is 20.1 Å². The van der Waals surface area contributed by atoms with Gasteiger partial charge in [0.25, 0.3) is 0 Å². The highest BCUT2D eigenvalue weighted by atomic mass is 16.3. The highest BCUT2D eigenvalue weighted by Crippen LogP contribution is 2.16. The zero-order valence-corrected chi connectivity index (χ0v) is 38.9. The van der Waals surface area contributed by atoms with E-state index < -0.39 is 18.2 Å². The van der Waals surface area contributed by atoms with Crippen molar-refractivity contribution in [1.82, 2.24) is 5.32 Å². The average molecular weight is 816 g/mol. The Morgan fingerprint density at radius 3 is 1.10 bits per heavy atom. The van der Waals surface area contributed by atoms with E-state index in [0.29, 0.717) is 6.42 Å². The average Bonchev–Trinajstić information content (AvgIpc) is 3.22. The first-order chi connectivity index (χ1) is 28.5. The van der Waals surface area contributed by atoms with Crippen molar-refractivity contribution >= 4 is 5.91 Å². The highest BCUT2D eigenvalue weighted by molar-refractivity contribution is 5.76. The molecule has 3 unspecified atom stereocenters. The van der Waals surface area contributed by atoms with Gasteiger partial charge >= 0.3 is 0 Å². The molecular weight excluding hydrogens is 715 g/mol. The number of carbonyl (C=O) groups is 1. The molecule has 0 aromatic rings. The van der Waals surface area contributed by atoms with E-state index in [1.54, 1.807) is 6.08 Å². The maximum atomic E-state index is 12.5. The molecule has 4 N–H and O–H groups in total. The molecule has 0 spiro atoms. The molecule has 0 aliphatic heterocycles. The van der Waals surface area contributed by atoms with Crippen LogP contribution >= 0.6 is 0 Å². The van der Waals surface area contributed by atoms with Gasteiger partial charge in [-0.15, -0.1) is 0 Å². The SMILES string of the molecule is CCCCCCCCCCC/C=C\CCCCCCCC(O)CC(=O)NC(CO)C(O)/C=C/CC/C=C/CCCCCCCCCCCCCCCCCCCCC. The van der Waals surface area contributed by atoms with Gasteiger partial charge in [0.05, 0.1) is 31.3 Å².